The van der Waals surface area contributed by atoms with Gasteiger partial charge in [0.05, 0.1) is 12.5 Å². The highest BCUT2D eigenvalue weighted by Gasteiger charge is 2.16. The van der Waals surface area contributed by atoms with Crippen molar-refractivity contribution in [1.82, 2.24) is 4.90 Å². The van der Waals surface area contributed by atoms with Crippen molar-refractivity contribution in [2.24, 2.45) is 11.8 Å². The molecule has 4 nitrogen and oxygen atoms in total. The smallest absolute Gasteiger partial charge is 0.226 e. The number of amides is 1. The Balaban J connectivity index is 1.81. The van der Waals surface area contributed by atoms with E-state index in [1.807, 2.05) is 26.0 Å². The van der Waals surface area contributed by atoms with Crippen LogP contribution >= 0.6 is 0 Å². The molecular formula is C19H30N2O2. The average molecular weight is 318 g/mol. The second-order valence-corrected chi connectivity index (χ2v) is 7.22. The third-order valence-corrected chi connectivity index (χ3v) is 4.68. The van der Waals surface area contributed by atoms with Gasteiger partial charge in [0.1, 0.15) is 0 Å². The lowest BCUT2D eigenvalue weighted by atomic mass is 9.99. The van der Waals surface area contributed by atoms with Crippen LogP contribution in [0.2, 0.25) is 0 Å². The van der Waals surface area contributed by atoms with Crippen molar-refractivity contribution in [1.29, 1.82) is 0 Å². The second kappa shape index (κ2) is 8.46. The van der Waals surface area contributed by atoms with Crippen molar-refractivity contribution in [3.05, 3.63) is 29.8 Å². The predicted molar refractivity (Wildman–Crippen MR) is 94.2 cm³/mol. The predicted octanol–water partition coefficient (Wildman–Crippen LogP) is 3.26. The molecule has 0 bridgehead atoms. The van der Waals surface area contributed by atoms with Crippen LogP contribution in [0.5, 0.6) is 0 Å². The molecule has 1 aromatic carbocycles. The van der Waals surface area contributed by atoms with Gasteiger partial charge in [-0.3, -0.25) is 9.69 Å². The van der Waals surface area contributed by atoms with Gasteiger partial charge in [-0.15, -0.1) is 0 Å². The number of rotatable bonds is 6. The molecule has 128 valence electrons. The summed E-state index contributed by atoms with van der Waals surface area (Å²) in [4.78, 5) is 14.4. The highest BCUT2D eigenvalue weighted by atomic mass is 16.3. The molecule has 4 heteroatoms. The number of carbonyl (C=O) groups is 1. The maximum Gasteiger partial charge on any atom is 0.226 e. The third-order valence-electron chi connectivity index (χ3n) is 4.68. The Hall–Kier alpha value is -1.39. The lowest BCUT2D eigenvalue weighted by Crippen LogP contribution is -2.32. The van der Waals surface area contributed by atoms with Gasteiger partial charge < -0.3 is 10.4 Å². The molecule has 1 amide bonds. The SMILES string of the molecule is CC1CCN(Cc2ccc(NC(=O)CC(O)C(C)C)cc2)CC1. The fourth-order valence-corrected chi connectivity index (χ4v) is 2.81. The lowest BCUT2D eigenvalue weighted by Gasteiger charge is -2.30. The summed E-state index contributed by atoms with van der Waals surface area (Å²) in [5.74, 6) is 0.810. The minimum Gasteiger partial charge on any atom is -0.392 e. The number of benzene rings is 1. The van der Waals surface area contributed by atoms with Crippen molar-refractivity contribution in [2.45, 2.75) is 52.7 Å². The summed E-state index contributed by atoms with van der Waals surface area (Å²) >= 11 is 0. The largest absolute Gasteiger partial charge is 0.392 e. The number of carbonyl (C=O) groups excluding carboxylic acids is 1. The molecule has 1 heterocycles. The van der Waals surface area contributed by atoms with Crippen LogP contribution in [0.25, 0.3) is 0 Å². The van der Waals surface area contributed by atoms with E-state index in [4.69, 9.17) is 0 Å². The number of anilines is 1. The van der Waals surface area contributed by atoms with Crippen LogP contribution in [-0.4, -0.2) is 35.1 Å². The first-order valence-corrected chi connectivity index (χ1v) is 8.73. The number of hydrogen-bond acceptors (Lipinski definition) is 3. The third kappa shape index (κ3) is 5.96. The van der Waals surface area contributed by atoms with E-state index in [0.29, 0.717) is 0 Å². The van der Waals surface area contributed by atoms with Gasteiger partial charge in [-0.25, -0.2) is 0 Å². The number of nitrogens with zero attached hydrogens (tertiary/aromatic N) is 1. The second-order valence-electron chi connectivity index (χ2n) is 7.22. The zero-order valence-electron chi connectivity index (χ0n) is 14.6. The van der Waals surface area contributed by atoms with E-state index in [-0.39, 0.29) is 18.2 Å². The monoisotopic (exact) mass is 318 g/mol. The summed E-state index contributed by atoms with van der Waals surface area (Å²) in [6.07, 6.45) is 2.13. The number of hydrogen-bond donors (Lipinski definition) is 2. The molecule has 23 heavy (non-hydrogen) atoms. The molecule has 1 aliphatic rings. The highest BCUT2D eigenvalue weighted by Crippen LogP contribution is 2.19. The van der Waals surface area contributed by atoms with E-state index in [9.17, 15) is 9.90 Å². The van der Waals surface area contributed by atoms with Gasteiger partial charge in [0, 0.05) is 12.2 Å². The zero-order chi connectivity index (χ0) is 16.8. The Morgan fingerprint density at radius 1 is 1.26 bits per heavy atom. The molecule has 1 saturated heterocycles. The molecule has 0 aromatic heterocycles. The number of aliphatic hydroxyl groups excluding tert-OH is 1. The van der Waals surface area contributed by atoms with Crippen LogP contribution in [0, 0.1) is 11.8 Å². The van der Waals surface area contributed by atoms with Crippen molar-refractivity contribution in [3.63, 3.8) is 0 Å². The number of piperidine rings is 1. The van der Waals surface area contributed by atoms with Crippen LogP contribution in [0.15, 0.2) is 24.3 Å². The molecule has 2 rings (SSSR count). The summed E-state index contributed by atoms with van der Waals surface area (Å²) in [6.45, 7) is 9.47. The van der Waals surface area contributed by atoms with Gasteiger partial charge in [-0.05, 0) is 55.5 Å². The Bertz CT molecular complexity index is 491. The van der Waals surface area contributed by atoms with Crippen LogP contribution in [0.1, 0.15) is 45.6 Å². The quantitative estimate of drug-likeness (QED) is 0.846. The van der Waals surface area contributed by atoms with E-state index in [0.717, 1.165) is 18.2 Å². The summed E-state index contributed by atoms with van der Waals surface area (Å²) in [7, 11) is 0. The number of nitrogens with one attached hydrogen (secondary N) is 1. The van der Waals surface area contributed by atoms with Gasteiger partial charge in [0.2, 0.25) is 5.91 Å². The van der Waals surface area contributed by atoms with E-state index in [2.05, 4.69) is 29.3 Å². The number of aliphatic hydroxyl groups is 1. The van der Waals surface area contributed by atoms with Crippen LogP contribution in [0.3, 0.4) is 0 Å². The summed E-state index contributed by atoms with van der Waals surface area (Å²) in [5.41, 5.74) is 2.07. The molecule has 2 N–H and O–H groups in total. The van der Waals surface area contributed by atoms with Crippen molar-refractivity contribution in [2.75, 3.05) is 18.4 Å². The van der Waals surface area contributed by atoms with Gasteiger partial charge >= 0.3 is 0 Å². The fraction of sp³-hybridized carbons (Fsp3) is 0.632. The fourth-order valence-electron chi connectivity index (χ4n) is 2.81. The standard InChI is InChI=1S/C19H30N2O2/c1-14(2)18(22)12-19(23)20-17-6-4-16(5-7-17)13-21-10-8-15(3)9-11-21/h4-7,14-15,18,22H,8-13H2,1-3H3,(H,20,23). The molecule has 0 spiro atoms. The van der Waals surface area contributed by atoms with Gasteiger partial charge in [0.25, 0.3) is 0 Å². The Kier molecular flexibility index (Phi) is 6.60. The summed E-state index contributed by atoms with van der Waals surface area (Å²) in [6, 6.07) is 8.04. The van der Waals surface area contributed by atoms with Crippen LogP contribution < -0.4 is 5.32 Å². The zero-order valence-corrected chi connectivity index (χ0v) is 14.6. The van der Waals surface area contributed by atoms with Crippen molar-refractivity contribution < 1.29 is 9.90 Å². The first kappa shape index (κ1) is 18.0. The van der Waals surface area contributed by atoms with Crippen LogP contribution in [0.4, 0.5) is 5.69 Å². The summed E-state index contributed by atoms with van der Waals surface area (Å²) in [5, 5.41) is 12.6. The Labute approximate surface area is 139 Å². The molecule has 0 aliphatic carbocycles. The van der Waals surface area contributed by atoms with Crippen molar-refractivity contribution >= 4 is 11.6 Å². The Morgan fingerprint density at radius 3 is 2.43 bits per heavy atom. The molecule has 1 aliphatic heterocycles. The Morgan fingerprint density at radius 2 is 1.87 bits per heavy atom. The average Bonchev–Trinajstić information content (AvgIpc) is 2.51. The molecule has 0 radical (unpaired) electrons. The molecule has 1 unspecified atom stereocenters. The first-order valence-electron chi connectivity index (χ1n) is 8.73. The van der Waals surface area contributed by atoms with E-state index in [1.165, 1.54) is 31.5 Å². The van der Waals surface area contributed by atoms with Crippen molar-refractivity contribution in [3.8, 4) is 0 Å². The van der Waals surface area contributed by atoms with E-state index >= 15 is 0 Å². The molecule has 1 atom stereocenters. The minimum absolute atomic E-state index is 0.0930. The van der Waals surface area contributed by atoms with Crippen LogP contribution in [-0.2, 0) is 11.3 Å². The minimum atomic E-state index is -0.587. The first-order chi connectivity index (χ1) is 10.9. The molecular weight excluding hydrogens is 288 g/mol. The summed E-state index contributed by atoms with van der Waals surface area (Å²) < 4.78 is 0. The highest BCUT2D eigenvalue weighted by molar-refractivity contribution is 5.91. The van der Waals surface area contributed by atoms with Gasteiger partial charge in [-0.2, -0.15) is 0 Å². The van der Waals surface area contributed by atoms with Gasteiger partial charge in [-0.1, -0.05) is 32.9 Å². The topological polar surface area (TPSA) is 52.6 Å². The molecule has 0 saturated carbocycles. The maximum atomic E-state index is 11.9. The lowest BCUT2D eigenvalue weighted by molar-refractivity contribution is -0.118. The maximum absolute atomic E-state index is 11.9. The normalized spacial score (nSPS) is 18.1. The number of likely N-dealkylation sites (tertiary alicyclic amines) is 1. The molecule has 1 fully saturated rings. The van der Waals surface area contributed by atoms with E-state index < -0.39 is 6.10 Å². The van der Waals surface area contributed by atoms with Gasteiger partial charge in [0.15, 0.2) is 0 Å². The van der Waals surface area contributed by atoms with E-state index in [1.54, 1.807) is 0 Å². The molecule has 1 aromatic rings.